The fourth-order valence-corrected chi connectivity index (χ4v) is 1.52. The topological polar surface area (TPSA) is 53.1 Å². The highest BCUT2D eigenvalue weighted by Crippen LogP contribution is 2.21. The maximum absolute atomic E-state index is 10.8. The van der Waals surface area contributed by atoms with E-state index in [0.29, 0.717) is 5.69 Å². The van der Waals surface area contributed by atoms with Gasteiger partial charge in [0.05, 0.1) is 0 Å². The number of hydrogen-bond donors (Lipinski definition) is 2. The zero-order chi connectivity index (χ0) is 10.9. The maximum Gasteiger partial charge on any atom is 0.352 e. The van der Waals surface area contributed by atoms with Crippen molar-refractivity contribution in [1.82, 2.24) is 4.98 Å². The van der Waals surface area contributed by atoms with Gasteiger partial charge in [0.1, 0.15) is 5.69 Å². The van der Waals surface area contributed by atoms with Crippen molar-refractivity contribution in [3.63, 3.8) is 0 Å². The summed E-state index contributed by atoms with van der Waals surface area (Å²) in [5.74, 6) is -0.886. The summed E-state index contributed by atoms with van der Waals surface area (Å²) in [5.41, 5.74) is 2.28. The summed E-state index contributed by atoms with van der Waals surface area (Å²) in [6.45, 7) is 8.20. The summed E-state index contributed by atoms with van der Waals surface area (Å²) in [6.07, 6.45) is 0.862. The fraction of sp³-hybridized carbons (Fsp3) is 0.545. The van der Waals surface area contributed by atoms with E-state index >= 15 is 0 Å². The van der Waals surface area contributed by atoms with E-state index in [2.05, 4.69) is 25.8 Å². The molecule has 0 spiro atoms. The quantitative estimate of drug-likeness (QED) is 0.762. The molecule has 14 heavy (non-hydrogen) atoms. The molecule has 0 aromatic carbocycles. The largest absolute Gasteiger partial charge is 0.477 e. The molecule has 0 aliphatic carbocycles. The normalized spacial score (nSPS) is 11.7. The Labute approximate surface area is 84.2 Å². The predicted octanol–water partition coefficient (Wildman–Crippen LogP) is 2.61. The van der Waals surface area contributed by atoms with Crippen LogP contribution in [0.5, 0.6) is 0 Å². The van der Waals surface area contributed by atoms with E-state index in [1.54, 1.807) is 0 Å². The fourth-order valence-electron chi connectivity index (χ4n) is 1.52. The first-order valence-electron chi connectivity index (χ1n) is 4.71. The number of carbonyl (C=O) groups is 1. The lowest BCUT2D eigenvalue weighted by atomic mass is 9.91. The first-order valence-corrected chi connectivity index (χ1v) is 4.71. The number of aromatic nitrogens is 1. The van der Waals surface area contributed by atoms with Crippen LogP contribution in [-0.2, 0) is 6.42 Å². The Balaban J connectivity index is 2.92. The van der Waals surface area contributed by atoms with Crippen molar-refractivity contribution in [2.45, 2.75) is 34.1 Å². The molecule has 3 nitrogen and oxygen atoms in total. The van der Waals surface area contributed by atoms with Crippen molar-refractivity contribution in [3.05, 3.63) is 23.0 Å². The molecular weight excluding hydrogens is 178 g/mol. The monoisotopic (exact) mass is 195 g/mol. The van der Waals surface area contributed by atoms with Gasteiger partial charge in [-0.05, 0) is 30.4 Å². The third kappa shape index (κ3) is 2.62. The Kier molecular flexibility index (Phi) is 2.69. The van der Waals surface area contributed by atoms with E-state index in [-0.39, 0.29) is 5.41 Å². The zero-order valence-electron chi connectivity index (χ0n) is 9.14. The maximum atomic E-state index is 10.8. The van der Waals surface area contributed by atoms with E-state index in [1.807, 2.05) is 13.0 Å². The molecule has 1 heterocycles. The first-order chi connectivity index (χ1) is 6.29. The molecule has 2 N–H and O–H groups in total. The van der Waals surface area contributed by atoms with Crippen LogP contribution in [0.4, 0.5) is 0 Å². The third-order valence-electron chi connectivity index (χ3n) is 2.01. The van der Waals surface area contributed by atoms with E-state index in [9.17, 15) is 4.79 Å². The van der Waals surface area contributed by atoms with Gasteiger partial charge < -0.3 is 10.1 Å². The van der Waals surface area contributed by atoms with Crippen molar-refractivity contribution in [1.29, 1.82) is 0 Å². The minimum Gasteiger partial charge on any atom is -0.477 e. The number of aromatic carboxylic acids is 1. The second kappa shape index (κ2) is 3.48. The molecule has 0 radical (unpaired) electrons. The second-order valence-corrected chi connectivity index (χ2v) is 4.90. The summed E-state index contributed by atoms with van der Waals surface area (Å²) in [7, 11) is 0. The zero-order valence-corrected chi connectivity index (χ0v) is 9.14. The molecule has 78 valence electrons. The van der Waals surface area contributed by atoms with Crippen LogP contribution in [0, 0.1) is 12.3 Å². The number of carboxylic acid groups (broad SMARTS) is 1. The number of aryl methyl sites for hydroxylation is 1. The van der Waals surface area contributed by atoms with Gasteiger partial charge in [-0.2, -0.15) is 0 Å². The van der Waals surface area contributed by atoms with Gasteiger partial charge in [0.15, 0.2) is 0 Å². The summed E-state index contributed by atoms with van der Waals surface area (Å²) >= 11 is 0. The molecular formula is C11H17NO2. The molecule has 0 fully saturated rings. The second-order valence-electron chi connectivity index (χ2n) is 4.90. The lowest BCUT2D eigenvalue weighted by Gasteiger charge is -2.16. The van der Waals surface area contributed by atoms with Crippen molar-refractivity contribution in [3.8, 4) is 0 Å². The Morgan fingerprint density at radius 1 is 1.50 bits per heavy atom. The summed E-state index contributed by atoms with van der Waals surface area (Å²) < 4.78 is 0. The van der Waals surface area contributed by atoms with Gasteiger partial charge in [-0.25, -0.2) is 4.79 Å². The number of hydrogen-bond acceptors (Lipinski definition) is 1. The first kappa shape index (κ1) is 10.8. The minimum absolute atomic E-state index is 0.174. The van der Waals surface area contributed by atoms with Crippen molar-refractivity contribution in [2.24, 2.45) is 5.41 Å². The van der Waals surface area contributed by atoms with Crippen LogP contribution in [0.25, 0.3) is 0 Å². The van der Waals surface area contributed by atoms with Crippen molar-refractivity contribution in [2.75, 3.05) is 0 Å². The van der Waals surface area contributed by atoms with Crippen LogP contribution in [0.15, 0.2) is 6.07 Å². The van der Waals surface area contributed by atoms with Gasteiger partial charge in [0.2, 0.25) is 0 Å². The van der Waals surface area contributed by atoms with Crippen LogP contribution in [-0.4, -0.2) is 16.1 Å². The van der Waals surface area contributed by atoms with Crippen LogP contribution in [0.1, 0.15) is 42.5 Å². The smallest absolute Gasteiger partial charge is 0.352 e. The number of nitrogens with one attached hydrogen (secondary N) is 1. The van der Waals surface area contributed by atoms with Gasteiger partial charge in [-0.15, -0.1) is 0 Å². The number of aromatic amines is 1. The lowest BCUT2D eigenvalue weighted by Crippen LogP contribution is -2.09. The van der Waals surface area contributed by atoms with Crippen LogP contribution >= 0.6 is 0 Å². The Morgan fingerprint density at radius 2 is 2.07 bits per heavy atom. The highest BCUT2D eigenvalue weighted by molar-refractivity contribution is 5.87. The average molecular weight is 195 g/mol. The molecule has 1 aromatic heterocycles. The Hall–Kier alpha value is -1.25. The van der Waals surface area contributed by atoms with E-state index in [0.717, 1.165) is 17.7 Å². The molecule has 0 unspecified atom stereocenters. The van der Waals surface area contributed by atoms with Crippen molar-refractivity contribution >= 4 is 5.97 Å². The Morgan fingerprint density at radius 3 is 2.43 bits per heavy atom. The minimum atomic E-state index is -0.886. The molecule has 3 heteroatoms. The molecule has 0 aliphatic rings. The van der Waals surface area contributed by atoms with Gasteiger partial charge >= 0.3 is 5.97 Å². The standard InChI is InChI=1S/C11H17NO2/c1-7-5-8(6-11(2,3)4)12-9(7)10(13)14/h5,12H,6H2,1-4H3,(H,13,14). The lowest BCUT2D eigenvalue weighted by molar-refractivity contribution is 0.0690. The number of H-pyrrole nitrogens is 1. The molecule has 0 saturated heterocycles. The molecule has 0 atom stereocenters. The third-order valence-corrected chi connectivity index (χ3v) is 2.01. The van der Waals surface area contributed by atoms with Crippen LogP contribution in [0.3, 0.4) is 0 Å². The van der Waals surface area contributed by atoms with Crippen LogP contribution in [0.2, 0.25) is 0 Å². The van der Waals surface area contributed by atoms with Gasteiger partial charge in [0, 0.05) is 5.69 Å². The Bertz CT molecular complexity index is 345. The molecule has 0 saturated carbocycles. The summed E-state index contributed by atoms with van der Waals surface area (Å²) in [6, 6.07) is 1.91. The molecule has 1 rings (SSSR count). The summed E-state index contributed by atoms with van der Waals surface area (Å²) in [4.78, 5) is 13.7. The predicted molar refractivity (Wildman–Crippen MR) is 55.6 cm³/mol. The SMILES string of the molecule is Cc1cc(CC(C)(C)C)[nH]c1C(=O)O. The molecule has 0 amide bonds. The van der Waals surface area contributed by atoms with E-state index in [1.165, 1.54) is 0 Å². The van der Waals surface area contributed by atoms with E-state index in [4.69, 9.17) is 5.11 Å². The van der Waals surface area contributed by atoms with Gasteiger partial charge in [0.25, 0.3) is 0 Å². The van der Waals surface area contributed by atoms with Gasteiger partial charge in [-0.1, -0.05) is 20.8 Å². The molecule has 1 aromatic rings. The number of rotatable bonds is 2. The number of carboxylic acids is 1. The molecule has 0 aliphatic heterocycles. The van der Waals surface area contributed by atoms with Crippen molar-refractivity contribution < 1.29 is 9.90 Å². The highest BCUT2D eigenvalue weighted by atomic mass is 16.4. The van der Waals surface area contributed by atoms with Crippen LogP contribution < -0.4 is 0 Å². The van der Waals surface area contributed by atoms with Gasteiger partial charge in [-0.3, -0.25) is 0 Å². The summed E-state index contributed by atoms with van der Waals surface area (Å²) in [5, 5.41) is 8.85. The average Bonchev–Trinajstić information content (AvgIpc) is 2.26. The highest BCUT2D eigenvalue weighted by Gasteiger charge is 2.16. The van der Waals surface area contributed by atoms with E-state index < -0.39 is 5.97 Å². The molecule has 0 bridgehead atoms.